The molecule has 0 unspecified atom stereocenters. The SMILES string of the molecule is O=C(C(=NNc1ccc(Br)cc1)Sc1nnc(Cc2ccccc2)o1)c1ccc(OC(F)F)cc1. The van der Waals surface area contributed by atoms with E-state index in [0.717, 1.165) is 21.8 Å². The first kappa shape index (κ1) is 24.6. The van der Waals surface area contributed by atoms with Crippen LogP contribution in [0.25, 0.3) is 0 Å². The molecule has 0 aliphatic heterocycles. The average molecular weight is 559 g/mol. The minimum absolute atomic E-state index is 0.0188. The Balaban J connectivity index is 1.54. The van der Waals surface area contributed by atoms with Gasteiger partial charge >= 0.3 is 6.61 Å². The van der Waals surface area contributed by atoms with Gasteiger partial charge in [0.25, 0.3) is 5.22 Å². The number of aromatic nitrogens is 2. The number of Topliss-reactive ketones (excluding diaryl/α,β-unsaturated/α-hetero) is 1. The number of ether oxygens (including phenoxy) is 1. The van der Waals surface area contributed by atoms with Crippen molar-refractivity contribution in [2.45, 2.75) is 18.3 Å². The maximum Gasteiger partial charge on any atom is 0.387 e. The Kier molecular flexibility index (Phi) is 8.22. The maximum atomic E-state index is 13.2. The fourth-order valence-electron chi connectivity index (χ4n) is 2.87. The zero-order valence-electron chi connectivity index (χ0n) is 17.9. The number of rotatable bonds is 9. The molecular formula is C24H17BrF2N4O3S. The summed E-state index contributed by atoms with van der Waals surface area (Å²) >= 11 is 4.26. The summed E-state index contributed by atoms with van der Waals surface area (Å²) in [4.78, 5) is 13.2. The van der Waals surface area contributed by atoms with Crippen LogP contribution in [0.3, 0.4) is 0 Å². The van der Waals surface area contributed by atoms with Crippen molar-refractivity contribution in [3.63, 3.8) is 0 Å². The van der Waals surface area contributed by atoms with Crippen LogP contribution in [0.1, 0.15) is 21.8 Å². The number of hydrogen-bond acceptors (Lipinski definition) is 8. The summed E-state index contributed by atoms with van der Waals surface area (Å²) in [6, 6.07) is 22.2. The number of ketones is 1. The van der Waals surface area contributed by atoms with Gasteiger partial charge in [0, 0.05) is 10.0 Å². The van der Waals surface area contributed by atoms with Crippen LogP contribution in [0, 0.1) is 0 Å². The predicted octanol–water partition coefficient (Wildman–Crippen LogP) is 6.42. The fraction of sp³-hybridized carbons (Fsp3) is 0.0833. The van der Waals surface area contributed by atoms with Gasteiger partial charge in [-0.3, -0.25) is 10.2 Å². The molecule has 178 valence electrons. The van der Waals surface area contributed by atoms with E-state index in [2.05, 4.69) is 41.4 Å². The number of hydrazone groups is 1. The van der Waals surface area contributed by atoms with Crippen LogP contribution >= 0.6 is 27.7 Å². The molecule has 0 saturated carbocycles. The summed E-state index contributed by atoms with van der Waals surface area (Å²) in [7, 11) is 0. The lowest BCUT2D eigenvalue weighted by atomic mass is 10.1. The van der Waals surface area contributed by atoms with Crippen molar-refractivity contribution >= 4 is 44.2 Å². The van der Waals surface area contributed by atoms with E-state index in [-0.39, 0.29) is 21.6 Å². The van der Waals surface area contributed by atoms with Gasteiger partial charge in [0.2, 0.25) is 11.7 Å². The molecule has 35 heavy (non-hydrogen) atoms. The summed E-state index contributed by atoms with van der Waals surface area (Å²) in [5.74, 6) is -0.135. The minimum atomic E-state index is -2.96. The van der Waals surface area contributed by atoms with Crippen LogP contribution in [0.15, 0.2) is 98.1 Å². The van der Waals surface area contributed by atoms with Crippen molar-refractivity contribution in [2.24, 2.45) is 5.10 Å². The number of thioether (sulfide) groups is 1. The molecular weight excluding hydrogens is 542 g/mol. The normalized spacial score (nSPS) is 11.5. The van der Waals surface area contributed by atoms with Gasteiger partial charge < -0.3 is 9.15 Å². The Morgan fingerprint density at radius 3 is 2.43 bits per heavy atom. The number of carbonyl (C=O) groups excluding carboxylic acids is 1. The average Bonchev–Trinajstić information content (AvgIpc) is 3.30. The Morgan fingerprint density at radius 1 is 1.03 bits per heavy atom. The minimum Gasteiger partial charge on any atom is -0.435 e. The lowest BCUT2D eigenvalue weighted by Crippen LogP contribution is -2.13. The molecule has 4 rings (SSSR count). The van der Waals surface area contributed by atoms with Gasteiger partial charge in [-0.25, -0.2) is 0 Å². The second kappa shape index (κ2) is 11.7. The summed E-state index contributed by atoms with van der Waals surface area (Å²) in [5, 5.41) is 12.5. The first-order valence-corrected chi connectivity index (χ1v) is 11.8. The van der Waals surface area contributed by atoms with E-state index in [9.17, 15) is 13.6 Å². The van der Waals surface area contributed by atoms with Crippen molar-refractivity contribution in [1.82, 2.24) is 10.2 Å². The van der Waals surface area contributed by atoms with Crippen LogP contribution < -0.4 is 10.2 Å². The van der Waals surface area contributed by atoms with E-state index in [0.29, 0.717) is 18.0 Å². The number of nitrogens with zero attached hydrogens (tertiary/aromatic N) is 3. The van der Waals surface area contributed by atoms with E-state index < -0.39 is 12.4 Å². The number of carbonyl (C=O) groups is 1. The van der Waals surface area contributed by atoms with E-state index >= 15 is 0 Å². The van der Waals surface area contributed by atoms with Crippen LogP contribution in [-0.4, -0.2) is 27.6 Å². The van der Waals surface area contributed by atoms with Crippen molar-refractivity contribution in [1.29, 1.82) is 0 Å². The molecule has 0 saturated heterocycles. The molecule has 7 nitrogen and oxygen atoms in total. The second-order valence-electron chi connectivity index (χ2n) is 6.99. The van der Waals surface area contributed by atoms with Gasteiger partial charge in [-0.1, -0.05) is 46.3 Å². The third-order valence-electron chi connectivity index (χ3n) is 4.50. The van der Waals surface area contributed by atoms with Crippen LogP contribution in [-0.2, 0) is 6.42 Å². The molecule has 0 amide bonds. The van der Waals surface area contributed by atoms with Gasteiger partial charge in [-0.05, 0) is 65.9 Å². The van der Waals surface area contributed by atoms with Crippen LogP contribution in [0.5, 0.6) is 5.75 Å². The van der Waals surface area contributed by atoms with Crippen molar-refractivity contribution in [3.8, 4) is 5.75 Å². The second-order valence-corrected chi connectivity index (χ2v) is 8.85. The smallest absolute Gasteiger partial charge is 0.387 e. The van der Waals surface area contributed by atoms with E-state index in [1.165, 1.54) is 24.3 Å². The molecule has 1 N–H and O–H groups in total. The highest BCUT2D eigenvalue weighted by molar-refractivity contribution is 9.10. The van der Waals surface area contributed by atoms with Gasteiger partial charge in [0.1, 0.15) is 5.75 Å². The van der Waals surface area contributed by atoms with Crippen LogP contribution in [0.2, 0.25) is 0 Å². The van der Waals surface area contributed by atoms with E-state index in [1.807, 2.05) is 42.5 Å². The zero-order chi connectivity index (χ0) is 24.6. The molecule has 3 aromatic carbocycles. The number of anilines is 1. The highest BCUT2D eigenvalue weighted by atomic mass is 79.9. The maximum absolute atomic E-state index is 13.2. The van der Waals surface area contributed by atoms with E-state index in [4.69, 9.17) is 4.42 Å². The van der Waals surface area contributed by atoms with Crippen molar-refractivity contribution in [3.05, 3.63) is 100 Å². The third kappa shape index (κ3) is 7.20. The number of benzene rings is 3. The first-order chi connectivity index (χ1) is 17.0. The zero-order valence-corrected chi connectivity index (χ0v) is 20.3. The number of nitrogens with one attached hydrogen (secondary N) is 1. The Labute approximate surface area is 211 Å². The lowest BCUT2D eigenvalue weighted by molar-refractivity contribution is -0.0498. The summed E-state index contributed by atoms with van der Waals surface area (Å²) in [5.41, 5.74) is 4.71. The standard InChI is InChI=1S/C24H17BrF2N4O3S/c25-17-8-10-18(11-9-17)28-30-22(21(32)16-6-12-19(13-7-16)33-23(26)27)35-24-31-29-20(34-24)14-15-4-2-1-3-5-15/h1-13,23,28H,14H2. The molecule has 0 spiro atoms. The molecule has 0 aliphatic carbocycles. The molecule has 11 heteroatoms. The van der Waals surface area contributed by atoms with Gasteiger partial charge in [0.15, 0.2) is 5.04 Å². The van der Waals surface area contributed by atoms with Gasteiger partial charge in [-0.2, -0.15) is 13.9 Å². The molecule has 0 aliphatic rings. The Bertz CT molecular complexity index is 1300. The molecule has 1 heterocycles. The first-order valence-electron chi connectivity index (χ1n) is 10.2. The monoisotopic (exact) mass is 558 g/mol. The predicted molar refractivity (Wildman–Crippen MR) is 132 cm³/mol. The molecule has 0 radical (unpaired) electrons. The third-order valence-corrected chi connectivity index (χ3v) is 5.84. The van der Waals surface area contributed by atoms with Gasteiger partial charge in [-0.15, -0.1) is 10.2 Å². The molecule has 0 bridgehead atoms. The summed E-state index contributed by atoms with van der Waals surface area (Å²) in [6.45, 7) is -2.96. The molecule has 0 fully saturated rings. The Hall–Kier alpha value is -3.57. The lowest BCUT2D eigenvalue weighted by Gasteiger charge is -2.07. The van der Waals surface area contributed by atoms with Gasteiger partial charge in [0.05, 0.1) is 12.1 Å². The largest absolute Gasteiger partial charge is 0.435 e. The highest BCUT2D eigenvalue weighted by Crippen LogP contribution is 2.24. The highest BCUT2D eigenvalue weighted by Gasteiger charge is 2.20. The molecule has 0 atom stereocenters. The van der Waals surface area contributed by atoms with Crippen LogP contribution in [0.4, 0.5) is 14.5 Å². The quantitative estimate of drug-likeness (QED) is 0.0832. The number of halogens is 3. The van der Waals surface area contributed by atoms with Crippen molar-refractivity contribution in [2.75, 3.05) is 5.43 Å². The Morgan fingerprint density at radius 2 is 1.74 bits per heavy atom. The number of hydrogen-bond donors (Lipinski definition) is 1. The van der Waals surface area contributed by atoms with Crippen molar-refractivity contribution < 1.29 is 22.7 Å². The molecule has 4 aromatic rings. The number of alkyl halides is 2. The topological polar surface area (TPSA) is 89.6 Å². The summed E-state index contributed by atoms with van der Waals surface area (Å²) in [6.07, 6.45) is 0.442. The van der Waals surface area contributed by atoms with E-state index in [1.54, 1.807) is 12.1 Å². The molecule has 1 aromatic heterocycles. The fourth-order valence-corrected chi connectivity index (χ4v) is 3.83. The summed E-state index contributed by atoms with van der Waals surface area (Å²) < 4.78 is 35.8.